The largest absolute Gasteiger partial charge is 0.304 e. The van der Waals surface area contributed by atoms with Gasteiger partial charge in [-0.25, -0.2) is 10.1 Å². The number of anilines is 1. The standard InChI is InChI=1S/C14H10N4O2S/c19-12-7-6-11(17-18-12)16-13(20)10-8-15-14(21-10)9-4-2-1-3-5-9/h1-8H,(H,18,19)(H,16,17,20). The van der Waals surface area contributed by atoms with Gasteiger partial charge in [0.25, 0.3) is 11.5 Å². The van der Waals surface area contributed by atoms with Crippen LogP contribution >= 0.6 is 11.3 Å². The molecule has 0 radical (unpaired) electrons. The Balaban J connectivity index is 1.78. The topological polar surface area (TPSA) is 87.7 Å². The van der Waals surface area contributed by atoms with Gasteiger partial charge in [-0.05, 0) is 6.07 Å². The van der Waals surface area contributed by atoms with Crippen LogP contribution in [0.2, 0.25) is 0 Å². The quantitative estimate of drug-likeness (QED) is 0.775. The normalized spacial score (nSPS) is 10.3. The molecule has 104 valence electrons. The van der Waals surface area contributed by atoms with Gasteiger partial charge in [0, 0.05) is 11.6 Å². The molecule has 0 bridgehead atoms. The second-order valence-electron chi connectivity index (χ2n) is 4.16. The van der Waals surface area contributed by atoms with Gasteiger partial charge in [-0.2, -0.15) is 5.10 Å². The highest BCUT2D eigenvalue weighted by atomic mass is 32.1. The smallest absolute Gasteiger partial charge is 0.268 e. The first-order valence-corrected chi connectivity index (χ1v) is 6.92. The number of benzene rings is 1. The number of nitrogens with one attached hydrogen (secondary N) is 2. The minimum absolute atomic E-state index is 0.286. The van der Waals surface area contributed by atoms with Crippen LogP contribution in [-0.4, -0.2) is 21.1 Å². The summed E-state index contributed by atoms with van der Waals surface area (Å²) in [6, 6.07) is 12.4. The third kappa shape index (κ3) is 3.03. The molecule has 7 heteroatoms. The first-order chi connectivity index (χ1) is 10.2. The van der Waals surface area contributed by atoms with Crippen molar-refractivity contribution in [2.24, 2.45) is 0 Å². The predicted molar refractivity (Wildman–Crippen MR) is 80.4 cm³/mol. The van der Waals surface area contributed by atoms with E-state index in [0.29, 0.717) is 4.88 Å². The van der Waals surface area contributed by atoms with E-state index < -0.39 is 0 Å². The van der Waals surface area contributed by atoms with Crippen LogP contribution in [0, 0.1) is 0 Å². The predicted octanol–water partition coefficient (Wildman–Crippen LogP) is 2.15. The molecule has 0 aliphatic rings. The van der Waals surface area contributed by atoms with Crippen LogP contribution in [0.5, 0.6) is 0 Å². The number of nitrogens with zero attached hydrogens (tertiary/aromatic N) is 2. The second-order valence-corrected chi connectivity index (χ2v) is 5.19. The van der Waals surface area contributed by atoms with Gasteiger partial charge in [0.2, 0.25) is 0 Å². The second kappa shape index (κ2) is 5.68. The van der Waals surface area contributed by atoms with E-state index in [2.05, 4.69) is 20.5 Å². The van der Waals surface area contributed by atoms with Crippen molar-refractivity contribution in [1.29, 1.82) is 0 Å². The fourth-order valence-electron chi connectivity index (χ4n) is 1.69. The highest BCUT2D eigenvalue weighted by Gasteiger charge is 2.12. The van der Waals surface area contributed by atoms with E-state index in [1.54, 1.807) is 0 Å². The third-order valence-corrected chi connectivity index (χ3v) is 3.72. The van der Waals surface area contributed by atoms with Crippen molar-refractivity contribution in [3.63, 3.8) is 0 Å². The molecule has 0 spiro atoms. The molecular formula is C14H10N4O2S. The van der Waals surface area contributed by atoms with Crippen molar-refractivity contribution in [3.05, 3.63) is 63.9 Å². The van der Waals surface area contributed by atoms with Gasteiger partial charge in [0.05, 0.1) is 6.20 Å². The van der Waals surface area contributed by atoms with E-state index in [1.165, 1.54) is 29.7 Å². The van der Waals surface area contributed by atoms with Crippen molar-refractivity contribution in [2.45, 2.75) is 0 Å². The summed E-state index contributed by atoms with van der Waals surface area (Å²) in [5.74, 6) is -0.0245. The van der Waals surface area contributed by atoms with Crippen molar-refractivity contribution in [3.8, 4) is 10.6 Å². The van der Waals surface area contributed by atoms with Crippen LogP contribution in [0.3, 0.4) is 0 Å². The van der Waals surface area contributed by atoms with E-state index in [0.717, 1.165) is 10.6 Å². The van der Waals surface area contributed by atoms with E-state index in [1.807, 2.05) is 30.3 Å². The molecule has 1 aromatic carbocycles. The lowest BCUT2D eigenvalue weighted by Gasteiger charge is -2.00. The summed E-state index contributed by atoms with van der Waals surface area (Å²) in [5.41, 5.74) is 0.640. The lowest BCUT2D eigenvalue weighted by Crippen LogP contribution is -2.14. The molecule has 2 heterocycles. The average molecular weight is 298 g/mol. The van der Waals surface area contributed by atoms with Crippen LogP contribution in [0.25, 0.3) is 10.6 Å². The number of carbonyl (C=O) groups excluding carboxylic acids is 1. The maximum atomic E-state index is 12.1. The van der Waals surface area contributed by atoms with Crippen molar-refractivity contribution < 1.29 is 4.79 Å². The van der Waals surface area contributed by atoms with E-state index >= 15 is 0 Å². The fraction of sp³-hybridized carbons (Fsp3) is 0. The first-order valence-electron chi connectivity index (χ1n) is 6.11. The Morgan fingerprint density at radius 2 is 1.95 bits per heavy atom. The molecule has 0 saturated carbocycles. The van der Waals surface area contributed by atoms with E-state index in [4.69, 9.17) is 0 Å². The lowest BCUT2D eigenvalue weighted by atomic mass is 10.2. The molecule has 0 atom stereocenters. The Kier molecular flexibility index (Phi) is 3.57. The summed E-state index contributed by atoms with van der Waals surface area (Å²) < 4.78 is 0. The number of aromatic amines is 1. The van der Waals surface area contributed by atoms with Gasteiger partial charge in [-0.15, -0.1) is 11.3 Å². The lowest BCUT2D eigenvalue weighted by molar-refractivity contribution is 0.103. The van der Waals surface area contributed by atoms with Crippen molar-refractivity contribution >= 4 is 23.1 Å². The SMILES string of the molecule is O=C(Nc1ccc(=O)[nH]n1)c1cnc(-c2ccccc2)s1. The molecule has 6 nitrogen and oxygen atoms in total. The fourth-order valence-corrected chi connectivity index (χ4v) is 2.50. The minimum Gasteiger partial charge on any atom is -0.304 e. The summed E-state index contributed by atoms with van der Waals surface area (Å²) in [6.07, 6.45) is 1.52. The minimum atomic E-state index is -0.322. The number of carbonyl (C=O) groups is 1. The molecule has 3 aromatic rings. The maximum absolute atomic E-state index is 12.1. The molecule has 3 rings (SSSR count). The summed E-state index contributed by atoms with van der Waals surface area (Å²) >= 11 is 1.29. The zero-order chi connectivity index (χ0) is 14.7. The molecule has 0 saturated heterocycles. The number of amides is 1. The Labute approximate surface area is 123 Å². The molecule has 0 fully saturated rings. The monoisotopic (exact) mass is 298 g/mol. The summed E-state index contributed by atoms with van der Waals surface area (Å²) in [4.78, 5) is 27.7. The van der Waals surface area contributed by atoms with Crippen LogP contribution in [0.1, 0.15) is 9.67 Å². The number of rotatable bonds is 3. The summed E-state index contributed by atoms with van der Waals surface area (Å²) in [7, 11) is 0. The molecular weight excluding hydrogens is 288 g/mol. The molecule has 1 amide bonds. The molecule has 2 N–H and O–H groups in total. The molecule has 0 aliphatic carbocycles. The van der Waals surface area contributed by atoms with Crippen molar-refractivity contribution in [2.75, 3.05) is 5.32 Å². The maximum Gasteiger partial charge on any atom is 0.268 e. The number of aromatic nitrogens is 3. The van der Waals surface area contributed by atoms with Gasteiger partial charge in [-0.1, -0.05) is 30.3 Å². The Hall–Kier alpha value is -2.80. The van der Waals surface area contributed by atoms with Gasteiger partial charge in [0.15, 0.2) is 5.82 Å². The van der Waals surface area contributed by atoms with Crippen LogP contribution in [0.15, 0.2) is 53.5 Å². The highest BCUT2D eigenvalue weighted by Crippen LogP contribution is 2.25. The Bertz CT molecular complexity index is 806. The van der Waals surface area contributed by atoms with Crippen LogP contribution < -0.4 is 10.9 Å². The average Bonchev–Trinajstić information content (AvgIpc) is 3.00. The Morgan fingerprint density at radius 1 is 1.14 bits per heavy atom. The highest BCUT2D eigenvalue weighted by molar-refractivity contribution is 7.17. The van der Waals surface area contributed by atoms with Gasteiger partial charge >= 0.3 is 0 Å². The van der Waals surface area contributed by atoms with Gasteiger partial charge in [0.1, 0.15) is 9.88 Å². The third-order valence-electron chi connectivity index (χ3n) is 2.67. The van der Waals surface area contributed by atoms with Crippen LogP contribution in [-0.2, 0) is 0 Å². The van der Waals surface area contributed by atoms with Crippen molar-refractivity contribution in [1.82, 2.24) is 15.2 Å². The van der Waals surface area contributed by atoms with E-state index in [9.17, 15) is 9.59 Å². The molecule has 0 unspecified atom stereocenters. The molecule has 2 aromatic heterocycles. The molecule has 0 aliphatic heterocycles. The number of hydrogen-bond acceptors (Lipinski definition) is 5. The van der Waals surface area contributed by atoms with Gasteiger partial charge in [-0.3, -0.25) is 9.59 Å². The van der Waals surface area contributed by atoms with Crippen LogP contribution in [0.4, 0.5) is 5.82 Å². The Morgan fingerprint density at radius 3 is 2.67 bits per heavy atom. The molecule has 21 heavy (non-hydrogen) atoms. The zero-order valence-electron chi connectivity index (χ0n) is 10.7. The number of hydrogen-bond donors (Lipinski definition) is 2. The number of thiazole rings is 1. The summed E-state index contributed by atoms with van der Waals surface area (Å²) in [6.45, 7) is 0. The first kappa shape index (κ1) is 13.2. The summed E-state index contributed by atoms with van der Waals surface area (Å²) in [5, 5.41) is 9.35. The van der Waals surface area contributed by atoms with Gasteiger partial charge < -0.3 is 5.32 Å². The van der Waals surface area contributed by atoms with E-state index in [-0.39, 0.29) is 17.3 Å². The zero-order valence-corrected chi connectivity index (χ0v) is 11.6. The number of H-pyrrole nitrogens is 1.